The van der Waals surface area contributed by atoms with Crippen molar-refractivity contribution in [1.82, 2.24) is 14.6 Å². The van der Waals surface area contributed by atoms with Crippen LogP contribution in [0.2, 0.25) is 5.02 Å². The molecule has 4 amide bonds. The van der Waals surface area contributed by atoms with Crippen LogP contribution >= 0.6 is 23.1 Å². The number of nitrogens with one attached hydrogen (secondary N) is 2. The Labute approximate surface area is 216 Å². The molecule has 17 heteroatoms. The van der Waals surface area contributed by atoms with Crippen LogP contribution in [0.5, 0.6) is 5.88 Å². The second-order valence-corrected chi connectivity index (χ2v) is 8.75. The molecule has 2 aromatic rings. The highest BCUT2D eigenvalue weighted by Gasteiger charge is 2.37. The van der Waals surface area contributed by atoms with Gasteiger partial charge in [0.2, 0.25) is 5.88 Å². The Morgan fingerprint density at radius 1 is 1.32 bits per heavy atom. The molecule has 1 aromatic heterocycles. The van der Waals surface area contributed by atoms with Crippen LogP contribution in [0, 0.1) is 11.6 Å². The number of nitrogens with two attached hydrogens (primary N) is 1. The molecule has 1 aliphatic rings. The summed E-state index contributed by atoms with van der Waals surface area (Å²) in [6.45, 7) is -1.36. The van der Waals surface area contributed by atoms with Gasteiger partial charge in [0.1, 0.15) is 41.6 Å². The monoisotopic (exact) mass is 563 g/mol. The Morgan fingerprint density at radius 2 is 2.00 bits per heavy atom. The molecule has 3 rings (SSSR count). The van der Waals surface area contributed by atoms with Gasteiger partial charge in [0.05, 0.1) is 12.2 Å². The third-order valence-corrected chi connectivity index (χ3v) is 6.00. The number of carbonyl (C=O) groups excluding carboxylic acids is 3. The number of rotatable bonds is 10. The highest BCUT2D eigenvalue weighted by Crippen LogP contribution is 2.31. The van der Waals surface area contributed by atoms with Gasteiger partial charge in [-0.3, -0.25) is 14.9 Å². The number of urea groups is 1. The van der Waals surface area contributed by atoms with Crippen LogP contribution in [0.4, 0.5) is 18.6 Å². The summed E-state index contributed by atoms with van der Waals surface area (Å²) in [4.78, 5) is 48.4. The maximum absolute atomic E-state index is 14.0. The fourth-order valence-corrected chi connectivity index (χ4v) is 4.10. The lowest BCUT2D eigenvalue weighted by Crippen LogP contribution is -2.47. The molecule has 0 saturated carbocycles. The molecule has 0 bridgehead atoms. The zero-order valence-electron chi connectivity index (χ0n) is 18.7. The molecule has 13 nitrogen and oxygen atoms in total. The number of amides is 4. The maximum atomic E-state index is 14.0. The molecular weight excluding hydrogens is 544 g/mol. The first-order valence-electron chi connectivity index (χ1n) is 10.4. The van der Waals surface area contributed by atoms with E-state index in [2.05, 4.69) is 15.0 Å². The molecule has 2 atom stereocenters. The highest BCUT2D eigenvalue weighted by atomic mass is 35.5. The van der Waals surface area contributed by atoms with Gasteiger partial charge in [0.15, 0.2) is 6.04 Å². The van der Waals surface area contributed by atoms with Crippen LogP contribution in [-0.2, 0) is 20.9 Å². The lowest BCUT2D eigenvalue weighted by Gasteiger charge is -2.22. The Hall–Kier alpha value is -3.60. The first-order valence-corrected chi connectivity index (χ1v) is 11.5. The van der Waals surface area contributed by atoms with E-state index in [0.717, 1.165) is 17.0 Å². The normalized spacial score (nSPS) is 15.8. The molecule has 2 unspecified atom stereocenters. The fourth-order valence-electron chi connectivity index (χ4n) is 3.18. The number of nitrogens with zero attached hydrogens (tertiary/aromatic N) is 2. The van der Waals surface area contributed by atoms with Gasteiger partial charge in [0.25, 0.3) is 11.8 Å². The summed E-state index contributed by atoms with van der Waals surface area (Å²) in [7, 11) is 0. The molecule has 0 aliphatic carbocycles. The van der Waals surface area contributed by atoms with Gasteiger partial charge >= 0.3 is 12.0 Å². The second kappa shape index (κ2) is 12.1. The summed E-state index contributed by atoms with van der Waals surface area (Å²) in [6.07, 6.45) is -1.87. The number of aliphatic carboxylic acids is 1. The van der Waals surface area contributed by atoms with Crippen LogP contribution < -0.4 is 21.1 Å². The van der Waals surface area contributed by atoms with E-state index in [-0.39, 0.29) is 47.8 Å². The molecule has 37 heavy (non-hydrogen) atoms. The van der Waals surface area contributed by atoms with Gasteiger partial charge in [-0.2, -0.15) is 4.37 Å². The molecule has 0 radical (unpaired) electrons. The first-order chi connectivity index (χ1) is 17.5. The number of carboxylic acids is 1. The molecule has 1 aliphatic heterocycles. The largest absolute Gasteiger partial charge is 0.480 e. The Morgan fingerprint density at radius 3 is 2.62 bits per heavy atom. The molecule has 1 saturated heterocycles. The molecule has 2 heterocycles. The van der Waals surface area contributed by atoms with Crippen molar-refractivity contribution in [2.45, 2.75) is 25.2 Å². The summed E-state index contributed by atoms with van der Waals surface area (Å²) in [6, 6.07) is -0.323. The van der Waals surface area contributed by atoms with Crippen LogP contribution in [0.25, 0.3) is 0 Å². The van der Waals surface area contributed by atoms with Gasteiger partial charge in [-0.25, -0.2) is 18.4 Å². The van der Waals surface area contributed by atoms with E-state index in [4.69, 9.17) is 31.9 Å². The number of hydrogen-bond acceptors (Lipinski definition) is 9. The quantitative estimate of drug-likeness (QED) is 0.279. The smallest absolute Gasteiger partial charge is 0.328 e. The third kappa shape index (κ3) is 6.79. The average Bonchev–Trinajstić information content (AvgIpc) is 3.45. The van der Waals surface area contributed by atoms with E-state index < -0.39 is 59.8 Å². The lowest BCUT2D eigenvalue weighted by atomic mass is 10.2. The Kier molecular flexibility index (Phi) is 9.14. The van der Waals surface area contributed by atoms with E-state index in [9.17, 15) is 33.1 Å². The van der Waals surface area contributed by atoms with Gasteiger partial charge in [-0.05, 0) is 30.1 Å². The van der Waals surface area contributed by atoms with E-state index in [1.54, 1.807) is 0 Å². The third-order valence-electron chi connectivity index (χ3n) is 5.03. The predicted octanol–water partition coefficient (Wildman–Crippen LogP) is 0.895. The highest BCUT2D eigenvalue weighted by molar-refractivity contribution is 7.11. The van der Waals surface area contributed by atoms with Crippen LogP contribution in [-0.4, -0.2) is 75.3 Å². The summed E-state index contributed by atoms with van der Waals surface area (Å²) >= 11 is 6.18. The van der Waals surface area contributed by atoms with Crippen LogP contribution in [0.15, 0.2) is 12.1 Å². The van der Waals surface area contributed by atoms with Gasteiger partial charge in [-0.15, -0.1) is 0 Å². The van der Waals surface area contributed by atoms with Crippen LogP contribution in [0.3, 0.4) is 0 Å². The van der Waals surface area contributed by atoms with Gasteiger partial charge < -0.3 is 35.6 Å². The predicted molar refractivity (Wildman–Crippen MR) is 123 cm³/mol. The minimum atomic E-state index is -1.61. The number of primary amides is 1. The summed E-state index contributed by atoms with van der Waals surface area (Å²) in [5, 5.41) is 23.5. The number of benzene rings is 1. The number of hydrogen-bond donors (Lipinski definition) is 5. The second-order valence-electron chi connectivity index (χ2n) is 7.54. The molecule has 6 N–H and O–H groups in total. The van der Waals surface area contributed by atoms with E-state index >= 15 is 0 Å². The van der Waals surface area contributed by atoms with Crippen molar-refractivity contribution < 1.29 is 47.6 Å². The van der Waals surface area contributed by atoms with Crippen LogP contribution in [0.1, 0.15) is 22.3 Å². The molecule has 200 valence electrons. The topological polar surface area (TPSA) is 193 Å². The number of halogens is 3. The zero-order chi connectivity index (χ0) is 27.3. The summed E-state index contributed by atoms with van der Waals surface area (Å²) in [5.41, 5.74) is 4.52. The number of aromatic nitrogens is 1. The van der Waals surface area contributed by atoms with Crippen molar-refractivity contribution in [2.75, 3.05) is 25.2 Å². The molecule has 0 spiro atoms. The SMILES string of the molecule is NC(=O)c1c(OCc2c(F)cc(Cl)cc2F)nsc1NC(=O)NCCC(O)C(=O)N1COCC1C(=O)O. The lowest BCUT2D eigenvalue weighted by molar-refractivity contribution is -0.152. The number of anilines is 1. The van der Waals surface area contributed by atoms with Crippen molar-refractivity contribution in [3.05, 3.63) is 39.9 Å². The van der Waals surface area contributed by atoms with E-state index in [0.29, 0.717) is 11.5 Å². The van der Waals surface area contributed by atoms with Crippen molar-refractivity contribution >= 4 is 51.9 Å². The molecule has 1 aromatic carbocycles. The number of aliphatic hydroxyl groups is 1. The van der Waals surface area contributed by atoms with Crippen molar-refractivity contribution in [3.63, 3.8) is 0 Å². The fraction of sp³-hybridized carbons (Fsp3) is 0.350. The average molecular weight is 564 g/mol. The number of aliphatic hydroxyl groups excluding tert-OH is 1. The number of ether oxygens (including phenoxy) is 2. The number of carboxylic acid groups (broad SMARTS) is 1. The van der Waals surface area contributed by atoms with Gasteiger partial charge in [-0.1, -0.05) is 11.6 Å². The molecule has 1 fully saturated rings. The van der Waals surface area contributed by atoms with Gasteiger partial charge in [0, 0.05) is 11.6 Å². The number of carbonyl (C=O) groups is 4. The molecular formula is C20H20ClF2N5O8S. The van der Waals surface area contributed by atoms with Crippen molar-refractivity contribution in [2.24, 2.45) is 5.73 Å². The first kappa shape index (κ1) is 28.0. The van der Waals surface area contributed by atoms with Crippen molar-refractivity contribution in [1.29, 1.82) is 0 Å². The standard InChI is InChI=1S/C20H20ClF2N5O8S/c21-8-3-10(22)9(11(23)4-8)5-36-16-14(15(24)30)17(37-27-16)26-20(34)25-2-1-13(29)18(31)28-7-35-6-12(28)19(32)33/h3-4,12-13,29H,1-2,5-7H2,(H2,24,30)(H,32,33)(H2,25,26,34). The van der Waals surface area contributed by atoms with E-state index in [1.165, 1.54) is 0 Å². The minimum Gasteiger partial charge on any atom is -0.480 e. The van der Waals surface area contributed by atoms with E-state index in [1.807, 2.05) is 0 Å². The minimum absolute atomic E-state index is 0.132. The maximum Gasteiger partial charge on any atom is 0.328 e. The summed E-state index contributed by atoms with van der Waals surface area (Å²) < 4.78 is 41.9. The summed E-state index contributed by atoms with van der Waals surface area (Å²) in [5.74, 6) is -5.52. The van der Waals surface area contributed by atoms with Crippen molar-refractivity contribution in [3.8, 4) is 5.88 Å². The zero-order valence-corrected chi connectivity index (χ0v) is 20.3. The Balaban J connectivity index is 1.55. The Bertz CT molecular complexity index is 1190.